The first kappa shape index (κ1) is 29.9. The van der Waals surface area contributed by atoms with Gasteiger partial charge in [-0.05, 0) is 63.6 Å². The van der Waals surface area contributed by atoms with Gasteiger partial charge in [0.05, 0.1) is 14.7 Å². The summed E-state index contributed by atoms with van der Waals surface area (Å²) in [6, 6.07) is 19.1. The molecule has 0 spiro atoms. The van der Waals surface area contributed by atoms with Crippen molar-refractivity contribution in [2.75, 3.05) is 26.2 Å². The number of hydrogen-bond donors (Lipinski definition) is 2. The summed E-state index contributed by atoms with van der Waals surface area (Å²) in [7, 11) is -11.5. The van der Waals surface area contributed by atoms with Crippen molar-refractivity contribution in [1.82, 2.24) is 13.7 Å². The third kappa shape index (κ3) is 7.95. The smallest absolute Gasteiger partial charge is 0.211 e. The fourth-order valence-corrected chi connectivity index (χ4v) is 7.15. The number of benzene rings is 3. The predicted octanol–water partition coefficient (Wildman–Crippen LogP) is 2.95. The lowest BCUT2D eigenvalue weighted by Gasteiger charge is -2.23. The molecule has 0 saturated heterocycles. The molecule has 3 rings (SSSR count). The highest BCUT2D eigenvalue weighted by molar-refractivity contribution is 7.90. The Labute approximate surface area is 226 Å². The molecule has 0 saturated carbocycles. The van der Waals surface area contributed by atoms with Gasteiger partial charge in [0, 0.05) is 26.2 Å². The van der Waals surface area contributed by atoms with Crippen LogP contribution in [0.15, 0.2) is 87.5 Å². The van der Waals surface area contributed by atoms with Crippen LogP contribution < -0.4 is 9.44 Å². The van der Waals surface area contributed by atoms with Crippen LogP contribution in [0.5, 0.6) is 0 Å². The summed E-state index contributed by atoms with van der Waals surface area (Å²) < 4.78 is 83.3. The molecule has 38 heavy (non-hydrogen) atoms. The minimum Gasteiger partial charge on any atom is -0.211 e. The molecule has 3 aromatic carbocycles. The average molecular weight is 580 g/mol. The Kier molecular flexibility index (Phi) is 9.85. The summed E-state index contributed by atoms with van der Waals surface area (Å²) in [4.78, 5) is 0.282. The zero-order valence-corrected chi connectivity index (χ0v) is 24.0. The first-order chi connectivity index (χ1) is 17.8. The Bertz CT molecular complexity index is 1540. The van der Waals surface area contributed by atoms with Crippen LogP contribution in [0.4, 0.5) is 0 Å². The largest absolute Gasteiger partial charge is 0.243 e. The summed E-state index contributed by atoms with van der Waals surface area (Å²) in [5, 5.41) is 0. The van der Waals surface area contributed by atoms with Crippen molar-refractivity contribution >= 4 is 30.1 Å². The quantitative estimate of drug-likeness (QED) is 0.300. The molecule has 9 nitrogen and oxygen atoms in total. The Balaban J connectivity index is 1.69. The Morgan fingerprint density at radius 1 is 0.526 bits per heavy atom. The molecular formula is C26H33N3O6S3. The molecule has 0 amide bonds. The number of sulfonamides is 3. The van der Waals surface area contributed by atoms with Gasteiger partial charge in [-0.25, -0.2) is 34.7 Å². The van der Waals surface area contributed by atoms with Gasteiger partial charge in [-0.15, -0.1) is 0 Å². The molecule has 0 bridgehead atoms. The molecule has 0 fully saturated rings. The van der Waals surface area contributed by atoms with Crippen molar-refractivity contribution < 1.29 is 25.3 Å². The number of nitrogens with zero attached hydrogens (tertiary/aromatic N) is 1. The van der Waals surface area contributed by atoms with Crippen molar-refractivity contribution in [3.8, 4) is 0 Å². The van der Waals surface area contributed by atoms with Crippen LogP contribution in [-0.4, -0.2) is 55.7 Å². The lowest BCUT2D eigenvalue weighted by atomic mass is 10.2. The molecule has 0 aliphatic rings. The van der Waals surface area contributed by atoms with Crippen LogP contribution in [0.2, 0.25) is 0 Å². The minimum atomic E-state index is -3.96. The first-order valence-electron chi connectivity index (χ1n) is 12.0. The molecule has 2 N–H and O–H groups in total. The van der Waals surface area contributed by atoms with Crippen LogP contribution in [0.25, 0.3) is 0 Å². The topological polar surface area (TPSA) is 130 Å². The van der Waals surface area contributed by atoms with Crippen molar-refractivity contribution in [2.45, 2.75) is 41.9 Å². The summed E-state index contributed by atoms with van der Waals surface area (Å²) in [6.45, 7) is 5.24. The van der Waals surface area contributed by atoms with Gasteiger partial charge in [-0.3, -0.25) is 0 Å². The molecule has 0 aliphatic heterocycles. The lowest BCUT2D eigenvalue weighted by Crippen LogP contribution is -2.40. The zero-order chi connectivity index (χ0) is 28.0. The lowest BCUT2D eigenvalue weighted by molar-refractivity contribution is 0.406. The van der Waals surface area contributed by atoms with E-state index in [4.69, 9.17) is 0 Å². The van der Waals surface area contributed by atoms with E-state index in [1.807, 2.05) is 20.8 Å². The van der Waals surface area contributed by atoms with Crippen LogP contribution in [-0.2, 0) is 30.1 Å². The predicted molar refractivity (Wildman–Crippen MR) is 147 cm³/mol. The highest BCUT2D eigenvalue weighted by Gasteiger charge is 2.25. The molecule has 0 heterocycles. The molecule has 0 unspecified atom stereocenters. The second kappa shape index (κ2) is 12.5. The van der Waals surface area contributed by atoms with Crippen molar-refractivity contribution in [3.05, 3.63) is 89.5 Å². The molecular weight excluding hydrogens is 547 g/mol. The van der Waals surface area contributed by atoms with E-state index in [9.17, 15) is 25.3 Å². The summed E-state index contributed by atoms with van der Waals surface area (Å²) in [5.74, 6) is 0. The number of aryl methyl sites for hydroxylation is 3. The normalized spacial score (nSPS) is 12.6. The average Bonchev–Trinajstić information content (AvgIpc) is 2.86. The van der Waals surface area contributed by atoms with Gasteiger partial charge in [0.25, 0.3) is 0 Å². The van der Waals surface area contributed by atoms with Crippen molar-refractivity contribution in [1.29, 1.82) is 0 Å². The minimum absolute atomic E-state index is 0.00518. The summed E-state index contributed by atoms with van der Waals surface area (Å²) in [6.07, 6.45) is 0.181. The van der Waals surface area contributed by atoms with Gasteiger partial charge in [-0.1, -0.05) is 53.1 Å². The number of nitrogens with one attached hydrogen (secondary N) is 2. The molecule has 12 heteroatoms. The Morgan fingerprint density at radius 3 is 1.32 bits per heavy atom. The fourth-order valence-electron chi connectivity index (χ4n) is 3.58. The maximum absolute atomic E-state index is 13.4. The second-order valence-electron chi connectivity index (χ2n) is 8.99. The fraction of sp³-hybridized carbons (Fsp3) is 0.308. The van der Waals surface area contributed by atoms with E-state index in [1.165, 1.54) is 36.4 Å². The van der Waals surface area contributed by atoms with Crippen molar-refractivity contribution in [2.24, 2.45) is 0 Å². The maximum Gasteiger partial charge on any atom is 0.243 e. The van der Waals surface area contributed by atoms with Crippen molar-refractivity contribution in [3.63, 3.8) is 0 Å². The molecule has 0 atom stereocenters. The highest BCUT2D eigenvalue weighted by atomic mass is 32.2. The van der Waals surface area contributed by atoms with Gasteiger partial charge in [-0.2, -0.15) is 4.31 Å². The van der Waals surface area contributed by atoms with Gasteiger partial charge in [0.2, 0.25) is 30.1 Å². The van der Waals surface area contributed by atoms with Crippen LogP contribution >= 0.6 is 0 Å². The zero-order valence-electron chi connectivity index (χ0n) is 21.6. The Morgan fingerprint density at radius 2 is 0.895 bits per heavy atom. The van der Waals surface area contributed by atoms with Crippen LogP contribution in [0.3, 0.4) is 0 Å². The first-order valence-corrected chi connectivity index (χ1v) is 16.4. The summed E-state index contributed by atoms with van der Waals surface area (Å²) in [5.41, 5.74) is 2.74. The van der Waals surface area contributed by atoms with Gasteiger partial charge < -0.3 is 0 Å². The third-order valence-electron chi connectivity index (χ3n) is 5.85. The molecule has 0 aromatic heterocycles. The van der Waals surface area contributed by atoms with Crippen LogP contribution in [0, 0.1) is 20.8 Å². The second-order valence-corrected chi connectivity index (χ2v) is 14.5. The van der Waals surface area contributed by atoms with E-state index in [-0.39, 0.29) is 47.3 Å². The van der Waals surface area contributed by atoms with Gasteiger partial charge >= 0.3 is 0 Å². The van der Waals surface area contributed by atoms with E-state index in [0.717, 1.165) is 21.0 Å². The standard InChI is InChI=1S/C26H33N3O6S3/c1-21-5-11-24(12-6-21)36(30,31)27-17-4-19-29(38(34,35)26-15-9-23(3)10-16-26)20-18-28-37(32,33)25-13-7-22(2)8-14-25/h5-16,27-28H,4,17-20H2,1-3H3. The monoisotopic (exact) mass is 579 g/mol. The molecule has 0 aliphatic carbocycles. The Hall–Kier alpha value is -2.61. The van der Waals surface area contributed by atoms with Crippen LogP contribution in [0.1, 0.15) is 23.1 Å². The number of hydrogen-bond acceptors (Lipinski definition) is 6. The summed E-state index contributed by atoms with van der Waals surface area (Å²) >= 11 is 0. The number of rotatable bonds is 13. The molecule has 0 radical (unpaired) electrons. The maximum atomic E-state index is 13.4. The van der Waals surface area contributed by atoms with E-state index < -0.39 is 30.1 Å². The van der Waals surface area contributed by atoms with E-state index in [2.05, 4.69) is 9.44 Å². The van der Waals surface area contributed by atoms with Gasteiger partial charge in [0.1, 0.15) is 0 Å². The highest BCUT2D eigenvalue weighted by Crippen LogP contribution is 2.17. The molecule has 206 valence electrons. The van der Waals surface area contributed by atoms with E-state index >= 15 is 0 Å². The molecule has 3 aromatic rings. The van der Waals surface area contributed by atoms with E-state index in [1.54, 1.807) is 36.4 Å². The van der Waals surface area contributed by atoms with E-state index in [0.29, 0.717) is 0 Å². The van der Waals surface area contributed by atoms with Gasteiger partial charge in [0.15, 0.2) is 0 Å². The third-order valence-corrected chi connectivity index (χ3v) is 10.7. The SMILES string of the molecule is Cc1ccc(S(=O)(=O)NCCCN(CCNS(=O)(=O)c2ccc(C)cc2)S(=O)(=O)c2ccc(C)cc2)cc1.